The van der Waals surface area contributed by atoms with Crippen LogP contribution in [0.15, 0.2) is 11.1 Å². The van der Waals surface area contributed by atoms with E-state index >= 15 is 0 Å². The van der Waals surface area contributed by atoms with Crippen molar-refractivity contribution in [2.45, 2.75) is 24.6 Å². The number of aromatic nitrogens is 4. The summed E-state index contributed by atoms with van der Waals surface area (Å²) in [5, 5.41) is 9.98. The summed E-state index contributed by atoms with van der Waals surface area (Å²) in [6.45, 7) is -1.06. The maximum atomic E-state index is 14.6. The van der Waals surface area contributed by atoms with Crippen LogP contribution >= 0.6 is 15.6 Å². The van der Waals surface area contributed by atoms with E-state index in [0.29, 0.717) is 0 Å². The number of aromatic amines is 1. The van der Waals surface area contributed by atoms with Crippen molar-refractivity contribution in [2.24, 2.45) is 7.05 Å². The fourth-order valence-corrected chi connectivity index (χ4v) is 4.33. The second-order valence-electron chi connectivity index (χ2n) is 6.03. The molecule has 15 nitrogen and oxygen atoms in total. The lowest BCUT2D eigenvalue weighted by Gasteiger charge is -2.35. The molecule has 0 radical (unpaired) electrons. The van der Waals surface area contributed by atoms with Crippen molar-refractivity contribution in [3.05, 3.63) is 16.7 Å². The fraction of sp³-hybridized carbons (Fsp3) is 0.545. The average Bonchev–Trinajstić information content (AvgIpc) is 3.01. The number of phosphoric acid groups is 2. The predicted molar refractivity (Wildman–Crippen MR) is 83.0 cm³/mol. The van der Waals surface area contributed by atoms with E-state index in [9.17, 15) is 38.1 Å². The molecule has 5 atom stereocenters. The Morgan fingerprint density at radius 2 is 2.14 bits per heavy atom. The Morgan fingerprint density at radius 3 is 2.76 bits per heavy atom. The summed E-state index contributed by atoms with van der Waals surface area (Å²) < 4.78 is 51.4. The molecule has 2 unspecified atom stereocenters. The zero-order chi connectivity index (χ0) is 21.7. The largest absolute Gasteiger partial charge is 0.790 e. The van der Waals surface area contributed by atoms with Crippen molar-refractivity contribution in [1.29, 1.82) is 0 Å². The summed E-state index contributed by atoms with van der Waals surface area (Å²) in [5.74, 6) is -0.264. The van der Waals surface area contributed by atoms with Gasteiger partial charge in [0.15, 0.2) is 12.5 Å². The molecule has 1 saturated heterocycles. The minimum Gasteiger partial charge on any atom is -0.790 e. The molecule has 1 aliphatic heterocycles. The van der Waals surface area contributed by atoms with Gasteiger partial charge < -0.3 is 39.3 Å². The third-order valence-electron chi connectivity index (χ3n) is 3.95. The van der Waals surface area contributed by atoms with Crippen molar-refractivity contribution < 1.29 is 51.4 Å². The molecule has 0 spiro atoms. The second kappa shape index (κ2) is 7.50. The van der Waals surface area contributed by atoms with Crippen LogP contribution in [0, 0.1) is 0 Å². The number of rotatable bonds is 6. The lowest BCUT2D eigenvalue weighted by molar-refractivity contribution is -0.744. The SMILES string of the molecule is Cn1c[n+]([C@@H]2O[C@H](COP(=O)([O-])OP(=O)([O-])[O-])[C@H](O)C2F)c2nc(N)[nH]c(=O)c21. The van der Waals surface area contributed by atoms with Gasteiger partial charge in [-0.2, -0.15) is 0 Å². The summed E-state index contributed by atoms with van der Waals surface area (Å²) in [6.07, 6.45) is -5.95. The van der Waals surface area contributed by atoms with E-state index in [1.54, 1.807) is 0 Å². The molecule has 0 bridgehead atoms. The molecule has 0 aliphatic carbocycles. The van der Waals surface area contributed by atoms with Gasteiger partial charge in [0, 0.05) is 0 Å². The van der Waals surface area contributed by atoms with Crippen LogP contribution in [0.1, 0.15) is 6.23 Å². The summed E-state index contributed by atoms with van der Waals surface area (Å²) in [4.78, 5) is 50.3. The number of ether oxygens (including phenoxy) is 1. The Labute approximate surface area is 160 Å². The summed E-state index contributed by atoms with van der Waals surface area (Å²) in [6, 6.07) is 0. The number of fused-ring (bicyclic) bond motifs is 1. The Balaban J connectivity index is 1.84. The van der Waals surface area contributed by atoms with Crippen LogP contribution in [0.25, 0.3) is 11.2 Å². The molecular weight excluding hydrogens is 443 g/mol. The van der Waals surface area contributed by atoms with Gasteiger partial charge >= 0.3 is 5.65 Å². The Morgan fingerprint density at radius 1 is 1.48 bits per heavy atom. The highest BCUT2D eigenvalue weighted by Crippen LogP contribution is 2.50. The number of imidazole rings is 1. The van der Waals surface area contributed by atoms with E-state index in [1.807, 2.05) is 0 Å². The van der Waals surface area contributed by atoms with Crippen molar-refractivity contribution in [3.8, 4) is 0 Å². The molecule has 2 aromatic heterocycles. The first-order chi connectivity index (χ1) is 13.3. The van der Waals surface area contributed by atoms with Crippen LogP contribution in [0.4, 0.5) is 10.3 Å². The number of hydrogen-bond acceptors (Lipinski definition) is 12. The predicted octanol–water partition coefficient (Wildman–Crippen LogP) is -3.94. The number of halogens is 1. The van der Waals surface area contributed by atoms with Gasteiger partial charge in [-0.3, -0.25) is 23.2 Å². The quantitative estimate of drug-likeness (QED) is 0.279. The van der Waals surface area contributed by atoms with Gasteiger partial charge in [-0.15, -0.1) is 0 Å². The average molecular weight is 457 g/mol. The molecule has 18 heteroatoms. The van der Waals surface area contributed by atoms with Crippen molar-refractivity contribution >= 4 is 32.8 Å². The first-order valence-electron chi connectivity index (χ1n) is 7.71. The maximum absolute atomic E-state index is 14.6. The first-order valence-corrected chi connectivity index (χ1v) is 10.6. The molecule has 3 rings (SSSR count). The van der Waals surface area contributed by atoms with E-state index in [-0.39, 0.29) is 17.1 Å². The molecule has 0 aromatic carbocycles. The smallest absolute Gasteiger partial charge is 0.313 e. The molecule has 3 heterocycles. The molecule has 29 heavy (non-hydrogen) atoms. The number of nitrogens with zero attached hydrogens (tertiary/aromatic N) is 3. The third-order valence-corrected chi connectivity index (χ3v) is 6.02. The van der Waals surface area contributed by atoms with E-state index in [4.69, 9.17) is 10.5 Å². The number of hydrogen-bond donors (Lipinski definition) is 3. The van der Waals surface area contributed by atoms with Gasteiger partial charge in [0.1, 0.15) is 12.2 Å². The van der Waals surface area contributed by atoms with Crippen molar-refractivity contribution in [3.63, 3.8) is 0 Å². The zero-order valence-corrected chi connectivity index (χ0v) is 16.2. The number of aryl methyl sites for hydroxylation is 1. The van der Waals surface area contributed by atoms with Gasteiger partial charge in [0.25, 0.3) is 19.3 Å². The summed E-state index contributed by atoms with van der Waals surface area (Å²) in [7, 11) is -10.0. The van der Waals surface area contributed by atoms with E-state index in [0.717, 1.165) is 4.57 Å². The van der Waals surface area contributed by atoms with Crippen LogP contribution in [-0.4, -0.2) is 44.6 Å². The first kappa shape index (κ1) is 22.0. The number of nitrogen functional groups attached to an aromatic ring is 1. The van der Waals surface area contributed by atoms with Crippen LogP contribution in [0.2, 0.25) is 0 Å². The van der Waals surface area contributed by atoms with E-state index in [2.05, 4.69) is 18.8 Å². The van der Waals surface area contributed by atoms with Crippen LogP contribution < -0.4 is 30.5 Å². The Bertz CT molecular complexity index is 1080. The van der Waals surface area contributed by atoms with Gasteiger partial charge in [-0.05, 0) is 0 Å². The zero-order valence-electron chi connectivity index (χ0n) is 14.4. The Kier molecular flexibility index (Phi) is 5.68. The molecule has 1 fully saturated rings. The molecule has 1 aliphatic rings. The third kappa shape index (κ3) is 4.55. The van der Waals surface area contributed by atoms with Gasteiger partial charge in [0.2, 0.25) is 11.7 Å². The summed E-state index contributed by atoms with van der Waals surface area (Å²) >= 11 is 0. The molecule has 0 saturated carbocycles. The summed E-state index contributed by atoms with van der Waals surface area (Å²) in [5.41, 5.74) is 4.81. The number of alkyl halides is 1. The van der Waals surface area contributed by atoms with Crippen molar-refractivity contribution in [1.82, 2.24) is 14.5 Å². The number of aliphatic hydroxyl groups excluding tert-OH is 1. The number of anilines is 1. The standard InChI is InChI=1S/C11H16FN5O10P2/c1-16-3-17(8-6(16)9(19)15-11(13)14-8)10-5(12)7(18)4(26-10)2-25-29(23,24)27-28(20,21)22/h3-5,7,10,18H,2H2,1H3,(H5-,13,14,15,19,20,21,22,23,24)/p-2/t4-,5?,7+,10-/m1/s1. The highest BCUT2D eigenvalue weighted by Gasteiger charge is 2.48. The van der Waals surface area contributed by atoms with Crippen LogP contribution in [-0.2, 0) is 29.7 Å². The molecule has 2 aromatic rings. The molecular formula is C11H14FN5O10P2-2. The second-order valence-corrected chi connectivity index (χ2v) is 8.73. The normalized spacial score (nSPS) is 27.4. The minimum atomic E-state index is -5.91. The van der Waals surface area contributed by atoms with E-state index < -0.39 is 52.4 Å². The Hall–Kier alpha value is -1.74. The lowest BCUT2D eigenvalue weighted by atomic mass is 10.1. The number of nitrogens with one attached hydrogen (secondary N) is 1. The maximum Gasteiger partial charge on any atom is 0.313 e. The van der Waals surface area contributed by atoms with Gasteiger partial charge in [0.05, 0.1) is 21.5 Å². The highest BCUT2D eigenvalue weighted by atomic mass is 31.3. The topological polar surface area (TPSA) is 232 Å². The number of aliphatic hydroxyl groups is 1. The van der Waals surface area contributed by atoms with Crippen LogP contribution in [0.3, 0.4) is 0 Å². The number of H-pyrrole nitrogens is 1. The van der Waals surface area contributed by atoms with E-state index in [1.165, 1.54) is 17.9 Å². The van der Waals surface area contributed by atoms with Crippen molar-refractivity contribution in [2.75, 3.05) is 12.3 Å². The van der Waals surface area contributed by atoms with Gasteiger partial charge in [-0.1, -0.05) is 4.98 Å². The number of nitrogens with two attached hydrogens (primary N) is 1. The fourth-order valence-electron chi connectivity index (χ4n) is 2.83. The highest BCUT2D eigenvalue weighted by molar-refractivity contribution is 7.58. The monoisotopic (exact) mass is 457 g/mol. The molecule has 162 valence electrons. The molecule has 0 amide bonds. The molecule has 4 N–H and O–H groups in total. The number of phosphoric ester groups is 1. The minimum absolute atomic E-state index is 0.0169. The van der Waals surface area contributed by atoms with Crippen LogP contribution in [0.5, 0.6) is 0 Å². The van der Waals surface area contributed by atoms with Gasteiger partial charge in [-0.25, -0.2) is 8.96 Å². The lowest BCUT2D eigenvalue weighted by Crippen LogP contribution is -2.44.